The number of aryl methyl sites for hydroxylation is 1. The molecule has 0 fully saturated rings. The van der Waals surface area contributed by atoms with Crippen molar-refractivity contribution in [2.45, 2.75) is 18.4 Å². The van der Waals surface area contributed by atoms with Crippen LogP contribution in [0.4, 0.5) is 5.82 Å². The number of aromatic nitrogens is 2. The molecule has 0 radical (unpaired) electrons. The van der Waals surface area contributed by atoms with Gasteiger partial charge in [-0.05, 0) is 36.8 Å². The molecule has 0 spiro atoms. The van der Waals surface area contributed by atoms with Crippen LogP contribution in [0.2, 0.25) is 10.0 Å². The predicted octanol–water partition coefficient (Wildman–Crippen LogP) is 4.27. The zero-order valence-electron chi connectivity index (χ0n) is 15.4. The molecule has 0 saturated heterocycles. The van der Waals surface area contributed by atoms with Crippen molar-refractivity contribution in [3.05, 3.63) is 69.3 Å². The highest BCUT2D eigenvalue weighted by Crippen LogP contribution is 2.32. The van der Waals surface area contributed by atoms with E-state index in [0.29, 0.717) is 33.1 Å². The van der Waals surface area contributed by atoms with Crippen molar-refractivity contribution in [2.24, 2.45) is 0 Å². The largest absolute Gasteiger partial charge is 0.482 e. The van der Waals surface area contributed by atoms with Gasteiger partial charge >= 0.3 is 0 Å². The number of nitrogens with zero attached hydrogens (tertiary/aromatic N) is 2. The van der Waals surface area contributed by atoms with E-state index in [1.807, 2.05) is 31.2 Å². The number of halogens is 2. The number of nitrogens with one attached hydrogen (secondary N) is 1. The van der Waals surface area contributed by atoms with E-state index < -0.39 is 10.8 Å². The molecule has 0 saturated carbocycles. The molecular weight excluding hydrogens is 433 g/mol. The number of ether oxygens (including phenoxy) is 1. The van der Waals surface area contributed by atoms with Crippen molar-refractivity contribution in [1.82, 2.24) is 9.78 Å². The summed E-state index contributed by atoms with van der Waals surface area (Å²) in [5, 5.41) is 8.28. The van der Waals surface area contributed by atoms with E-state index in [1.54, 1.807) is 22.9 Å². The van der Waals surface area contributed by atoms with E-state index in [-0.39, 0.29) is 12.5 Å². The topological polar surface area (TPSA) is 73.2 Å². The minimum atomic E-state index is -1.01. The molecular formula is C20H17Cl2N3O3S. The van der Waals surface area contributed by atoms with E-state index >= 15 is 0 Å². The lowest BCUT2D eigenvalue weighted by Crippen LogP contribution is -2.23. The number of anilines is 1. The van der Waals surface area contributed by atoms with Crippen molar-refractivity contribution in [2.75, 3.05) is 11.9 Å². The average molecular weight is 450 g/mol. The summed E-state index contributed by atoms with van der Waals surface area (Å²) in [5.41, 5.74) is 3.40. The Hall–Kier alpha value is -2.35. The molecule has 1 amide bonds. The minimum Gasteiger partial charge on any atom is -0.482 e. The van der Waals surface area contributed by atoms with E-state index in [0.717, 1.165) is 22.5 Å². The number of para-hydroxylation sites is 1. The first-order valence-electron chi connectivity index (χ1n) is 8.82. The van der Waals surface area contributed by atoms with Gasteiger partial charge in [0.2, 0.25) is 0 Å². The summed E-state index contributed by atoms with van der Waals surface area (Å²) in [6.07, 6.45) is 0. The minimum absolute atomic E-state index is 0.238. The summed E-state index contributed by atoms with van der Waals surface area (Å²) in [5.74, 6) is 1.27. The van der Waals surface area contributed by atoms with Gasteiger partial charge in [0, 0.05) is 21.4 Å². The summed E-state index contributed by atoms with van der Waals surface area (Å²) in [4.78, 5) is 12.6. The Morgan fingerprint density at radius 1 is 1.24 bits per heavy atom. The zero-order valence-corrected chi connectivity index (χ0v) is 17.8. The van der Waals surface area contributed by atoms with Crippen molar-refractivity contribution < 1.29 is 13.7 Å². The second-order valence-electron chi connectivity index (χ2n) is 6.61. The summed E-state index contributed by atoms with van der Waals surface area (Å²) < 4.78 is 19.2. The molecule has 150 valence electrons. The maximum Gasteiger partial charge on any atom is 0.263 e. The monoisotopic (exact) mass is 449 g/mol. The SMILES string of the molecule is Cc1ccccc1-n1nc2c(c1NC(=O)COc1ccc(Cl)cc1Cl)CS(=O)C2. The van der Waals surface area contributed by atoms with Gasteiger partial charge in [0.15, 0.2) is 6.61 Å². The van der Waals surface area contributed by atoms with Crippen LogP contribution in [0, 0.1) is 6.92 Å². The Morgan fingerprint density at radius 2 is 2.03 bits per heavy atom. The van der Waals surface area contributed by atoms with Gasteiger partial charge in [-0.1, -0.05) is 41.4 Å². The van der Waals surface area contributed by atoms with E-state index in [1.165, 1.54) is 0 Å². The van der Waals surface area contributed by atoms with Gasteiger partial charge in [-0.3, -0.25) is 9.00 Å². The van der Waals surface area contributed by atoms with Gasteiger partial charge < -0.3 is 10.1 Å². The number of benzene rings is 2. The molecule has 1 aromatic heterocycles. The van der Waals surface area contributed by atoms with Gasteiger partial charge in [-0.25, -0.2) is 4.68 Å². The van der Waals surface area contributed by atoms with Gasteiger partial charge in [0.1, 0.15) is 11.6 Å². The van der Waals surface area contributed by atoms with Crippen LogP contribution in [0.3, 0.4) is 0 Å². The molecule has 1 atom stereocenters. The number of fused-ring (bicyclic) bond motifs is 1. The lowest BCUT2D eigenvalue weighted by Gasteiger charge is -2.13. The highest BCUT2D eigenvalue weighted by Gasteiger charge is 2.28. The molecule has 1 N–H and O–H groups in total. The normalized spacial score (nSPS) is 15.2. The molecule has 3 aromatic rings. The quantitative estimate of drug-likeness (QED) is 0.630. The summed E-state index contributed by atoms with van der Waals surface area (Å²) >= 11 is 12.0. The molecule has 1 unspecified atom stereocenters. The van der Waals surface area contributed by atoms with E-state index in [4.69, 9.17) is 27.9 Å². The molecule has 0 aliphatic carbocycles. The summed E-state index contributed by atoms with van der Waals surface area (Å²) in [6.45, 7) is 1.73. The van der Waals surface area contributed by atoms with Crippen LogP contribution >= 0.6 is 23.2 Å². The van der Waals surface area contributed by atoms with Gasteiger partial charge in [0.05, 0.1) is 27.9 Å². The van der Waals surface area contributed by atoms with Gasteiger partial charge in [-0.15, -0.1) is 0 Å². The first kappa shape index (κ1) is 19.9. The Balaban J connectivity index is 1.58. The molecule has 6 nitrogen and oxygen atoms in total. The Labute approximate surface area is 180 Å². The summed E-state index contributed by atoms with van der Waals surface area (Å²) in [7, 11) is -1.01. The lowest BCUT2D eigenvalue weighted by atomic mass is 10.2. The Bertz CT molecular complexity index is 1130. The number of carbonyl (C=O) groups is 1. The van der Waals surface area contributed by atoms with Crippen LogP contribution in [0.25, 0.3) is 5.69 Å². The molecule has 2 heterocycles. The molecule has 0 bridgehead atoms. The molecule has 1 aliphatic rings. The van der Waals surface area contributed by atoms with Gasteiger partial charge in [0.25, 0.3) is 5.91 Å². The maximum atomic E-state index is 12.6. The second kappa shape index (κ2) is 8.18. The van der Waals surface area contributed by atoms with Crippen LogP contribution < -0.4 is 10.1 Å². The van der Waals surface area contributed by atoms with Crippen LogP contribution in [0.1, 0.15) is 16.8 Å². The number of rotatable bonds is 5. The summed E-state index contributed by atoms with van der Waals surface area (Å²) in [6, 6.07) is 12.5. The second-order valence-corrected chi connectivity index (χ2v) is 8.91. The third-order valence-corrected chi connectivity index (χ3v) is 6.26. The predicted molar refractivity (Wildman–Crippen MR) is 114 cm³/mol. The number of hydrogen-bond donors (Lipinski definition) is 1. The number of amides is 1. The fourth-order valence-corrected chi connectivity index (χ4v) is 4.86. The average Bonchev–Trinajstić information content (AvgIpc) is 3.18. The zero-order chi connectivity index (χ0) is 20.5. The number of carbonyl (C=O) groups excluding carboxylic acids is 1. The van der Waals surface area contributed by atoms with Gasteiger partial charge in [-0.2, -0.15) is 5.10 Å². The lowest BCUT2D eigenvalue weighted by molar-refractivity contribution is -0.118. The highest BCUT2D eigenvalue weighted by molar-refractivity contribution is 7.83. The Morgan fingerprint density at radius 3 is 2.79 bits per heavy atom. The van der Waals surface area contributed by atoms with Crippen molar-refractivity contribution in [3.63, 3.8) is 0 Å². The standard InChI is InChI=1S/C20H17Cl2N3O3S/c1-12-4-2-3-5-17(12)25-20(14-10-29(27)11-16(14)24-25)23-19(26)9-28-18-7-6-13(21)8-15(18)22/h2-8H,9-11H2,1H3,(H,23,26). The molecule has 4 rings (SSSR count). The first-order valence-corrected chi connectivity index (χ1v) is 11.1. The smallest absolute Gasteiger partial charge is 0.263 e. The molecule has 2 aromatic carbocycles. The van der Waals surface area contributed by atoms with Crippen LogP contribution in [-0.4, -0.2) is 26.5 Å². The van der Waals surface area contributed by atoms with E-state index in [2.05, 4.69) is 10.4 Å². The van der Waals surface area contributed by atoms with E-state index in [9.17, 15) is 9.00 Å². The maximum absolute atomic E-state index is 12.6. The van der Waals surface area contributed by atoms with Crippen LogP contribution in [0.5, 0.6) is 5.75 Å². The highest BCUT2D eigenvalue weighted by atomic mass is 35.5. The van der Waals surface area contributed by atoms with Crippen LogP contribution in [-0.2, 0) is 27.1 Å². The third-order valence-electron chi connectivity index (χ3n) is 4.52. The molecule has 1 aliphatic heterocycles. The fourth-order valence-electron chi connectivity index (χ4n) is 3.14. The molecule has 9 heteroatoms. The first-order chi connectivity index (χ1) is 13.9. The fraction of sp³-hybridized carbons (Fsp3) is 0.200. The third kappa shape index (κ3) is 4.17. The van der Waals surface area contributed by atoms with Crippen molar-refractivity contribution >= 4 is 45.7 Å². The van der Waals surface area contributed by atoms with Crippen molar-refractivity contribution in [3.8, 4) is 11.4 Å². The molecule has 29 heavy (non-hydrogen) atoms. The Kier molecular flexibility index (Phi) is 5.63. The van der Waals surface area contributed by atoms with Crippen molar-refractivity contribution in [1.29, 1.82) is 0 Å². The van der Waals surface area contributed by atoms with Crippen LogP contribution in [0.15, 0.2) is 42.5 Å². The number of hydrogen-bond acceptors (Lipinski definition) is 4.